The fraction of sp³-hybridized carbons (Fsp3) is 0.0536. The highest BCUT2D eigenvalue weighted by Crippen LogP contribution is 2.53. The molecule has 278 valence electrons. The summed E-state index contributed by atoms with van der Waals surface area (Å²) in [5.74, 6) is 0.695. The van der Waals surface area contributed by atoms with Crippen molar-refractivity contribution in [2.24, 2.45) is 0 Å². The van der Waals surface area contributed by atoms with Crippen molar-refractivity contribution in [3.05, 3.63) is 212 Å². The largest absolute Gasteiger partial charge is 0.264 e. The van der Waals surface area contributed by atoms with Gasteiger partial charge in [-0.1, -0.05) is 172 Å². The number of fused-ring (bicyclic) bond motifs is 5. The molecule has 0 atom stereocenters. The average Bonchev–Trinajstić information content (AvgIpc) is 3.53. The van der Waals surface area contributed by atoms with Crippen LogP contribution in [-0.4, -0.2) is 15.0 Å². The summed E-state index contributed by atoms with van der Waals surface area (Å²) in [5.41, 5.74) is 17.2. The van der Waals surface area contributed by atoms with Crippen LogP contribution in [0.1, 0.15) is 25.0 Å². The van der Waals surface area contributed by atoms with E-state index in [1.54, 1.807) is 6.20 Å². The quantitative estimate of drug-likeness (QED) is 0.170. The Labute approximate surface area is 344 Å². The van der Waals surface area contributed by atoms with Crippen LogP contribution in [-0.2, 0) is 5.41 Å². The average molecular weight is 754 g/mol. The highest BCUT2D eigenvalue weighted by Gasteiger charge is 2.37. The molecule has 3 heteroatoms. The Morgan fingerprint density at radius 1 is 0.373 bits per heavy atom. The molecule has 0 aliphatic heterocycles. The number of hydrogen-bond donors (Lipinski definition) is 0. The Balaban J connectivity index is 0.994. The molecule has 2 aromatic heterocycles. The molecule has 0 fully saturated rings. The van der Waals surface area contributed by atoms with Crippen molar-refractivity contribution in [1.29, 1.82) is 0 Å². The first-order valence-corrected chi connectivity index (χ1v) is 20.2. The second-order valence-corrected chi connectivity index (χ2v) is 16.0. The summed E-state index contributed by atoms with van der Waals surface area (Å²) < 4.78 is 0. The van der Waals surface area contributed by atoms with Crippen molar-refractivity contribution in [2.45, 2.75) is 19.3 Å². The number of rotatable bonds is 6. The van der Waals surface area contributed by atoms with Gasteiger partial charge in [-0.15, -0.1) is 0 Å². The molecule has 0 bridgehead atoms. The summed E-state index contributed by atoms with van der Waals surface area (Å²) >= 11 is 0. The molecular weight excluding hydrogens is 715 g/mol. The van der Waals surface area contributed by atoms with Crippen LogP contribution in [0.2, 0.25) is 0 Å². The van der Waals surface area contributed by atoms with Gasteiger partial charge < -0.3 is 0 Å². The van der Waals surface area contributed by atoms with E-state index >= 15 is 0 Å². The van der Waals surface area contributed by atoms with Gasteiger partial charge in [-0.2, -0.15) is 0 Å². The monoisotopic (exact) mass is 753 g/mol. The third-order valence-electron chi connectivity index (χ3n) is 12.2. The summed E-state index contributed by atoms with van der Waals surface area (Å²) in [5, 5.41) is 4.91. The molecule has 2 heterocycles. The van der Waals surface area contributed by atoms with E-state index in [9.17, 15) is 0 Å². The lowest BCUT2D eigenvalue weighted by molar-refractivity contribution is 0.663. The minimum Gasteiger partial charge on any atom is -0.264 e. The highest BCUT2D eigenvalue weighted by atomic mass is 14.9. The van der Waals surface area contributed by atoms with Crippen LogP contribution in [0.5, 0.6) is 0 Å². The van der Waals surface area contributed by atoms with Gasteiger partial charge in [-0.05, 0) is 102 Å². The zero-order valence-corrected chi connectivity index (χ0v) is 32.9. The van der Waals surface area contributed by atoms with Gasteiger partial charge in [0.1, 0.15) is 0 Å². The second kappa shape index (κ2) is 13.9. The minimum atomic E-state index is -0.126. The number of nitrogens with zero attached hydrogens (tertiary/aromatic N) is 3. The molecule has 0 saturated carbocycles. The first-order valence-electron chi connectivity index (χ1n) is 20.2. The summed E-state index contributed by atoms with van der Waals surface area (Å²) in [6, 6.07) is 67.6. The van der Waals surface area contributed by atoms with E-state index in [0.717, 1.165) is 44.6 Å². The van der Waals surface area contributed by atoms with E-state index in [-0.39, 0.29) is 5.41 Å². The van der Waals surface area contributed by atoms with Crippen molar-refractivity contribution in [1.82, 2.24) is 15.0 Å². The number of benzene rings is 8. The van der Waals surface area contributed by atoms with Gasteiger partial charge in [0, 0.05) is 40.1 Å². The first-order chi connectivity index (χ1) is 29.0. The Kier molecular flexibility index (Phi) is 8.16. The number of aromatic nitrogens is 3. The summed E-state index contributed by atoms with van der Waals surface area (Å²) in [7, 11) is 0. The first kappa shape index (κ1) is 34.7. The number of hydrogen-bond acceptors (Lipinski definition) is 3. The van der Waals surface area contributed by atoms with E-state index < -0.39 is 0 Å². The second-order valence-electron chi connectivity index (χ2n) is 16.0. The van der Waals surface area contributed by atoms with Crippen molar-refractivity contribution in [3.63, 3.8) is 0 Å². The van der Waals surface area contributed by atoms with Gasteiger partial charge in [0.2, 0.25) is 0 Å². The molecular formula is C56H39N3. The van der Waals surface area contributed by atoms with Crippen LogP contribution in [0.4, 0.5) is 0 Å². The summed E-state index contributed by atoms with van der Waals surface area (Å²) in [6.07, 6.45) is 3.70. The van der Waals surface area contributed by atoms with Gasteiger partial charge in [-0.25, -0.2) is 9.97 Å². The van der Waals surface area contributed by atoms with E-state index in [0.29, 0.717) is 5.82 Å². The third-order valence-corrected chi connectivity index (χ3v) is 12.2. The topological polar surface area (TPSA) is 38.7 Å². The molecule has 8 aromatic carbocycles. The molecule has 3 nitrogen and oxygen atoms in total. The maximum Gasteiger partial charge on any atom is 0.160 e. The van der Waals surface area contributed by atoms with Gasteiger partial charge in [0.25, 0.3) is 0 Å². The molecule has 11 rings (SSSR count). The SMILES string of the molecule is CC1(C)c2cc3ccccc3cc2-c2cccc(-c3ccc(-c4ccc(-c5cc(-c6cccc(-c7cccnc7)c6)nc(-c6ccccc6)n5)c5ccccc45)cc3)c21. The van der Waals surface area contributed by atoms with E-state index in [1.165, 1.54) is 60.7 Å². The number of pyridine rings is 1. The van der Waals surface area contributed by atoms with Gasteiger partial charge >= 0.3 is 0 Å². The molecule has 0 amide bonds. The standard InChI is InChI=1S/C56H39N3/c1-56(2)51-33-41-16-7-6-15-40(41)32-50(51)49-23-11-22-45(54(49)56)37-26-24-36(25-27-37)44-28-29-48(47-21-9-8-20-46(44)47)53-34-52(58-55(59-53)38-13-4-3-5-14-38)42-18-10-17-39(31-42)43-19-12-30-57-35-43/h3-35H,1-2H3. The van der Waals surface area contributed by atoms with Gasteiger partial charge in [0.15, 0.2) is 5.82 Å². The molecule has 0 spiro atoms. The predicted octanol–water partition coefficient (Wildman–Crippen LogP) is 14.5. The van der Waals surface area contributed by atoms with Gasteiger partial charge in [-0.3, -0.25) is 4.98 Å². The van der Waals surface area contributed by atoms with E-state index in [2.05, 4.69) is 183 Å². The fourth-order valence-electron chi connectivity index (χ4n) is 9.25. The van der Waals surface area contributed by atoms with Crippen LogP contribution < -0.4 is 0 Å². The molecule has 59 heavy (non-hydrogen) atoms. The zero-order chi connectivity index (χ0) is 39.5. The van der Waals surface area contributed by atoms with Crippen molar-refractivity contribution in [3.8, 4) is 78.4 Å². The molecule has 0 N–H and O–H groups in total. The predicted molar refractivity (Wildman–Crippen MR) is 245 cm³/mol. The van der Waals surface area contributed by atoms with Crippen molar-refractivity contribution >= 4 is 21.5 Å². The Morgan fingerprint density at radius 3 is 1.76 bits per heavy atom. The van der Waals surface area contributed by atoms with Crippen molar-refractivity contribution < 1.29 is 0 Å². The van der Waals surface area contributed by atoms with Crippen LogP contribution in [0.25, 0.3) is 100.0 Å². The molecule has 1 aliphatic carbocycles. The van der Waals surface area contributed by atoms with Crippen molar-refractivity contribution in [2.75, 3.05) is 0 Å². The normalized spacial score (nSPS) is 12.7. The lowest BCUT2D eigenvalue weighted by Gasteiger charge is -2.25. The summed E-state index contributed by atoms with van der Waals surface area (Å²) in [6.45, 7) is 4.75. The van der Waals surface area contributed by atoms with Crippen LogP contribution >= 0.6 is 0 Å². The van der Waals surface area contributed by atoms with Crippen LogP contribution in [0.3, 0.4) is 0 Å². The minimum absolute atomic E-state index is 0.126. The maximum absolute atomic E-state index is 5.23. The Bertz CT molecular complexity index is 3220. The molecule has 0 saturated heterocycles. The lowest BCUT2D eigenvalue weighted by Crippen LogP contribution is -2.16. The zero-order valence-electron chi connectivity index (χ0n) is 32.9. The van der Waals surface area contributed by atoms with Crippen LogP contribution in [0, 0.1) is 0 Å². The van der Waals surface area contributed by atoms with E-state index in [1.807, 2.05) is 30.5 Å². The highest BCUT2D eigenvalue weighted by molar-refractivity contribution is 6.05. The molecule has 1 aliphatic rings. The van der Waals surface area contributed by atoms with Gasteiger partial charge in [0.05, 0.1) is 11.4 Å². The van der Waals surface area contributed by atoms with E-state index in [4.69, 9.17) is 9.97 Å². The Hall–Kier alpha value is -7.49. The smallest absolute Gasteiger partial charge is 0.160 e. The molecule has 0 unspecified atom stereocenters. The summed E-state index contributed by atoms with van der Waals surface area (Å²) in [4.78, 5) is 14.7. The lowest BCUT2D eigenvalue weighted by atomic mass is 9.78. The fourth-order valence-corrected chi connectivity index (χ4v) is 9.25. The maximum atomic E-state index is 5.23. The molecule has 10 aromatic rings. The Morgan fingerprint density at radius 2 is 0.983 bits per heavy atom. The van der Waals surface area contributed by atoms with Crippen LogP contribution in [0.15, 0.2) is 200 Å². The molecule has 0 radical (unpaired) electrons. The third kappa shape index (κ3) is 5.94.